The highest BCUT2D eigenvalue weighted by atomic mass is 32.1. The Balaban J connectivity index is 1.65. The van der Waals surface area contributed by atoms with Crippen molar-refractivity contribution in [2.45, 2.75) is 18.9 Å². The lowest BCUT2D eigenvalue weighted by Gasteiger charge is -2.15. The summed E-state index contributed by atoms with van der Waals surface area (Å²) < 4.78 is 5.57. The molecule has 1 aliphatic rings. The van der Waals surface area contributed by atoms with Crippen molar-refractivity contribution >= 4 is 33.8 Å². The molecule has 1 aromatic heterocycles. The molecule has 1 aliphatic heterocycles. The molecule has 0 aliphatic carbocycles. The molecule has 1 aromatic carbocycles. The first kappa shape index (κ1) is 13.3. The van der Waals surface area contributed by atoms with Gasteiger partial charge < -0.3 is 15.4 Å². The van der Waals surface area contributed by atoms with E-state index in [1.807, 2.05) is 30.5 Å². The smallest absolute Gasteiger partial charge is 0.170 e. The van der Waals surface area contributed by atoms with E-state index < -0.39 is 0 Å². The summed E-state index contributed by atoms with van der Waals surface area (Å²) in [6.07, 6.45) is 6.17. The lowest BCUT2D eigenvalue weighted by molar-refractivity contribution is 0.114. The van der Waals surface area contributed by atoms with Crippen LogP contribution in [0.3, 0.4) is 0 Å². The van der Waals surface area contributed by atoms with Crippen molar-refractivity contribution in [1.82, 2.24) is 10.3 Å². The molecule has 0 saturated carbocycles. The van der Waals surface area contributed by atoms with E-state index in [1.165, 1.54) is 0 Å². The number of ether oxygens (including phenoxy) is 1. The Morgan fingerprint density at radius 1 is 1.40 bits per heavy atom. The van der Waals surface area contributed by atoms with Crippen LogP contribution >= 0.6 is 12.2 Å². The van der Waals surface area contributed by atoms with Gasteiger partial charge in [-0.1, -0.05) is 12.1 Å². The average Bonchev–Trinajstić information content (AvgIpc) is 2.99. The van der Waals surface area contributed by atoms with Crippen molar-refractivity contribution in [3.63, 3.8) is 0 Å². The standard InChI is InChI=1S/C15H17N3OS/c20-15(17-10-12-4-2-8-19-12)18-14-5-1-3-11-9-16-7-6-13(11)14/h1,3,5-7,9,12H,2,4,8,10H2,(H2,17,18,20). The molecule has 1 atom stereocenters. The van der Waals surface area contributed by atoms with Crippen molar-refractivity contribution in [2.75, 3.05) is 18.5 Å². The fraction of sp³-hybridized carbons (Fsp3) is 0.333. The third kappa shape index (κ3) is 3.05. The Labute approximate surface area is 123 Å². The zero-order valence-corrected chi connectivity index (χ0v) is 12.0. The molecule has 0 amide bonds. The first-order valence-electron chi connectivity index (χ1n) is 6.82. The highest BCUT2D eigenvalue weighted by molar-refractivity contribution is 7.80. The van der Waals surface area contributed by atoms with Crippen LogP contribution in [0.1, 0.15) is 12.8 Å². The number of hydrogen-bond acceptors (Lipinski definition) is 3. The van der Waals surface area contributed by atoms with E-state index in [0.717, 1.165) is 42.5 Å². The normalized spacial score (nSPS) is 18.1. The summed E-state index contributed by atoms with van der Waals surface area (Å²) in [5.41, 5.74) is 0.995. The zero-order valence-electron chi connectivity index (χ0n) is 11.1. The van der Waals surface area contributed by atoms with Crippen LogP contribution in [-0.2, 0) is 4.74 Å². The van der Waals surface area contributed by atoms with Crippen LogP contribution < -0.4 is 10.6 Å². The second-order valence-corrected chi connectivity index (χ2v) is 5.28. The minimum Gasteiger partial charge on any atom is -0.376 e. The second kappa shape index (κ2) is 6.15. The van der Waals surface area contributed by atoms with E-state index >= 15 is 0 Å². The van der Waals surface area contributed by atoms with Gasteiger partial charge in [-0.15, -0.1) is 0 Å². The highest BCUT2D eigenvalue weighted by Crippen LogP contribution is 2.22. The van der Waals surface area contributed by atoms with Crippen LogP contribution in [0.25, 0.3) is 10.8 Å². The minimum atomic E-state index is 0.284. The van der Waals surface area contributed by atoms with E-state index in [9.17, 15) is 0 Å². The number of pyridine rings is 1. The van der Waals surface area contributed by atoms with Gasteiger partial charge in [-0.2, -0.15) is 0 Å². The maximum absolute atomic E-state index is 5.57. The van der Waals surface area contributed by atoms with Crippen molar-refractivity contribution in [2.24, 2.45) is 0 Å². The lowest BCUT2D eigenvalue weighted by atomic mass is 10.1. The number of nitrogens with zero attached hydrogens (tertiary/aromatic N) is 1. The Bertz CT molecular complexity index is 606. The van der Waals surface area contributed by atoms with E-state index in [-0.39, 0.29) is 6.10 Å². The number of anilines is 1. The molecule has 2 aromatic rings. The number of aromatic nitrogens is 1. The summed E-state index contributed by atoms with van der Waals surface area (Å²) in [5.74, 6) is 0. The molecule has 2 N–H and O–H groups in total. The van der Waals surface area contributed by atoms with Crippen molar-refractivity contribution in [1.29, 1.82) is 0 Å². The largest absolute Gasteiger partial charge is 0.376 e. The SMILES string of the molecule is S=C(NCC1CCCO1)Nc1cccc2cnccc12. The molecule has 2 heterocycles. The number of benzene rings is 1. The number of fused-ring (bicyclic) bond motifs is 1. The molecule has 4 nitrogen and oxygen atoms in total. The Kier molecular flexibility index (Phi) is 4.08. The number of thiocarbonyl (C=S) groups is 1. The third-order valence-electron chi connectivity index (χ3n) is 3.44. The Morgan fingerprint density at radius 2 is 2.35 bits per heavy atom. The van der Waals surface area contributed by atoms with Crippen molar-refractivity contribution < 1.29 is 4.74 Å². The average molecular weight is 287 g/mol. The first-order valence-corrected chi connectivity index (χ1v) is 7.23. The Morgan fingerprint density at radius 3 is 3.20 bits per heavy atom. The van der Waals surface area contributed by atoms with E-state index in [2.05, 4.69) is 15.6 Å². The minimum absolute atomic E-state index is 0.284. The summed E-state index contributed by atoms with van der Waals surface area (Å²) in [5, 5.41) is 9.30. The van der Waals surface area contributed by atoms with Crippen LogP contribution in [0.4, 0.5) is 5.69 Å². The number of hydrogen-bond donors (Lipinski definition) is 2. The van der Waals surface area contributed by atoms with Gasteiger partial charge in [0, 0.05) is 42.0 Å². The van der Waals surface area contributed by atoms with Crippen LogP contribution in [-0.4, -0.2) is 29.4 Å². The first-order chi connectivity index (χ1) is 9.83. The van der Waals surface area contributed by atoms with Gasteiger partial charge in [0.05, 0.1) is 6.10 Å². The molecule has 0 bridgehead atoms. The van der Waals surface area contributed by atoms with Crippen LogP contribution in [0.15, 0.2) is 36.7 Å². The summed E-state index contributed by atoms with van der Waals surface area (Å²) in [6.45, 7) is 1.63. The van der Waals surface area contributed by atoms with Crippen LogP contribution in [0, 0.1) is 0 Å². The highest BCUT2D eigenvalue weighted by Gasteiger charge is 2.15. The van der Waals surface area contributed by atoms with Crippen LogP contribution in [0.2, 0.25) is 0 Å². The van der Waals surface area contributed by atoms with E-state index in [0.29, 0.717) is 5.11 Å². The molecule has 1 saturated heterocycles. The van der Waals surface area contributed by atoms with Crippen molar-refractivity contribution in [3.05, 3.63) is 36.7 Å². The summed E-state index contributed by atoms with van der Waals surface area (Å²) in [7, 11) is 0. The van der Waals surface area contributed by atoms with Gasteiger partial charge in [0.2, 0.25) is 0 Å². The molecule has 5 heteroatoms. The number of rotatable bonds is 3. The zero-order chi connectivity index (χ0) is 13.8. The molecule has 1 fully saturated rings. The molecule has 20 heavy (non-hydrogen) atoms. The molecule has 0 spiro atoms. The van der Waals surface area contributed by atoms with Gasteiger partial charge in [-0.05, 0) is 37.2 Å². The summed E-state index contributed by atoms with van der Waals surface area (Å²) in [4.78, 5) is 4.13. The third-order valence-corrected chi connectivity index (χ3v) is 3.69. The monoisotopic (exact) mass is 287 g/mol. The predicted octanol–water partition coefficient (Wildman–Crippen LogP) is 2.70. The maximum Gasteiger partial charge on any atom is 0.170 e. The van der Waals surface area contributed by atoms with Gasteiger partial charge in [-0.3, -0.25) is 4.98 Å². The number of nitrogens with one attached hydrogen (secondary N) is 2. The fourth-order valence-electron chi connectivity index (χ4n) is 2.41. The van der Waals surface area contributed by atoms with Gasteiger partial charge in [0.1, 0.15) is 0 Å². The molecular weight excluding hydrogens is 270 g/mol. The van der Waals surface area contributed by atoms with Gasteiger partial charge in [-0.25, -0.2) is 0 Å². The molecule has 104 valence electrons. The topological polar surface area (TPSA) is 46.2 Å². The molecular formula is C15H17N3OS. The second-order valence-electron chi connectivity index (χ2n) is 4.87. The molecule has 1 unspecified atom stereocenters. The summed E-state index contributed by atoms with van der Waals surface area (Å²) >= 11 is 5.34. The summed E-state index contributed by atoms with van der Waals surface area (Å²) in [6, 6.07) is 8.04. The van der Waals surface area contributed by atoms with E-state index in [1.54, 1.807) is 6.20 Å². The van der Waals surface area contributed by atoms with Gasteiger partial charge >= 0.3 is 0 Å². The quantitative estimate of drug-likeness (QED) is 0.850. The maximum atomic E-state index is 5.57. The van der Waals surface area contributed by atoms with Crippen LogP contribution in [0.5, 0.6) is 0 Å². The van der Waals surface area contributed by atoms with E-state index in [4.69, 9.17) is 17.0 Å². The molecule has 3 rings (SSSR count). The lowest BCUT2D eigenvalue weighted by Crippen LogP contribution is -2.34. The predicted molar refractivity (Wildman–Crippen MR) is 84.9 cm³/mol. The van der Waals surface area contributed by atoms with Crippen molar-refractivity contribution in [3.8, 4) is 0 Å². The van der Waals surface area contributed by atoms with Gasteiger partial charge in [0.15, 0.2) is 5.11 Å². The van der Waals surface area contributed by atoms with Gasteiger partial charge in [0.25, 0.3) is 0 Å². The Hall–Kier alpha value is -1.72. The fourth-order valence-corrected chi connectivity index (χ4v) is 2.60. The molecule has 0 radical (unpaired) electrons.